The number of carbonyl (C=O) groups is 2. The summed E-state index contributed by atoms with van der Waals surface area (Å²) in [5, 5.41) is 5.36. The summed E-state index contributed by atoms with van der Waals surface area (Å²) in [4.78, 5) is 23.8. The smallest absolute Gasteiger partial charge is 0.255 e. The molecule has 1 fully saturated rings. The van der Waals surface area contributed by atoms with E-state index in [-0.39, 0.29) is 17.4 Å². The maximum Gasteiger partial charge on any atom is 0.255 e. The van der Waals surface area contributed by atoms with Crippen LogP contribution in [0.15, 0.2) is 42.5 Å². The first-order valence-electron chi connectivity index (χ1n) is 7.20. The van der Waals surface area contributed by atoms with Crippen molar-refractivity contribution in [1.29, 1.82) is 0 Å². The Kier molecular flexibility index (Phi) is 4.06. The van der Waals surface area contributed by atoms with Gasteiger partial charge in [0.2, 0.25) is 5.91 Å². The van der Waals surface area contributed by atoms with Crippen LogP contribution in [0.2, 0.25) is 0 Å². The molecule has 0 heterocycles. The molecule has 0 atom stereocenters. The van der Waals surface area contributed by atoms with E-state index in [1.165, 1.54) is 6.07 Å². The summed E-state index contributed by atoms with van der Waals surface area (Å²) < 4.78 is 26.1. The van der Waals surface area contributed by atoms with Gasteiger partial charge in [-0.15, -0.1) is 0 Å². The van der Waals surface area contributed by atoms with Gasteiger partial charge in [0.1, 0.15) is 0 Å². The Bertz CT molecular complexity index is 773. The van der Waals surface area contributed by atoms with Crippen molar-refractivity contribution >= 4 is 23.2 Å². The number of benzene rings is 2. The van der Waals surface area contributed by atoms with Gasteiger partial charge in [0.15, 0.2) is 11.6 Å². The largest absolute Gasteiger partial charge is 0.326 e. The van der Waals surface area contributed by atoms with Crippen molar-refractivity contribution in [3.63, 3.8) is 0 Å². The van der Waals surface area contributed by atoms with Gasteiger partial charge in [-0.05, 0) is 49.2 Å². The number of halogens is 2. The van der Waals surface area contributed by atoms with Gasteiger partial charge in [0.05, 0.1) is 0 Å². The highest BCUT2D eigenvalue weighted by atomic mass is 19.2. The molecule has 1 aliphatic rings. The van der Waals surface area contributed by atoms with Crippen LogP contribution < -0.4 is 10.6 Å². The number of carbonyl (C=O) groups excluding carboxylic acids is 2. The molecule has 3 rings (SSSR count). The van der Waals surface area contributed by atoms with Crippen LogP contribution in [-0.4, -0.2) is 11.8 Å². The maximum atomic E-state index is 13.2. The van der Waals surface area contributed by atoms with E-state index in [9.17, 15) is 18.4 Å². The van der Waals surface area contributed by atoms with Crippen molar-refractivity contribution in [1.82, 2.24) is 0 Å². The van der Waals surface area contributed by atoms with Crippen LogP contribution in [0.1, 0.15) is 23.2 Å². The van der Waals surface area contributed by atoms with E-state index in [0.717, 1.165) is 25.0 Å². The van der Waals surface area contributed by atoms with Gasteiger partial charge < -0.3 is 10.6 Å². The zero-order valence-corrected chi connectivity index (χ0v) is 12.1. The van der Waals surface area contributed by atoms with Crippen LogP contribution in [0.4, 0.5) is 20.2 Å². The molecule has 6 heteroatoms. The van der Waals surface area contributed by atoms with Gasteiger partial charge >= 0.3 is 0 Å². The molecule has 0 bridgehead atoms. The van der Waals surface area contributed by atoms with Crippen molar-refractivity contribution < 1.29 is 18.4 Å². The Labute approximate surface area is 131 Å². The standard InChI is InChI=1S/C17H14F2N2O2/c18-14-7-6-11(8-15(14)19)17(23)21-13-3-1-2-12(9-13)20-16(22)10-4-5-10/h1-3,6-10H,4-5H2,(H,20,22)(H,21,23). The molecule has 1 aliphatic carbocycles. The Morgan fingerprint density at radius 3 is 2.26 bits per heavy atom. The van der Waals surface area contributed by atoms with E-state index >= 15 is 0 Å². The van der Waals surface area contributed by atoms with E-state index in [1.54, 1.807) is 24.3 Å². The minimum Gasteiger partial charge on any atom is -0.326 e. The predicted octanol–water partition coefficient (Wildman–Crippen LogP) is 3.57. The zero-order chi connectivity index (χ0) is 16.4. The second-order valence-corrected chi connectivity index (χ2v) is 5.43. The average molecular weight is 316 g/mol. The molecule has 0 radical (unpaired) electrons. The molecule has 0 saturated heterocycles. The first-order chi connectivity index (χ1) is 11.0. The van der Waals surface area contributed by atoms with Gasteiger partial charge in [0.25, 0.3) is 5.91 Å². The lowest BCUT2D eigenvalue weighted by Gasteiger charge is -2.09. The van der Waals surface area contributed by atoms with E-state index in [2.05, 4.69) is 10.6 Å². The number of anilines is 2. The van der Waals surface area contributed by atoms with Gasteiger partial charge in [-0.25, -0.2) is 8.78 Å². The lowest BCUT2D eigenvalue weighted by atomic mass is 10.2. The van der Waals surface area contributed by atoms with E-state index in [0.29, 0.717) is 11.4 Å². The van der Waals surface area contributed by atoms with Gasteiger partial charge in [0, 0.05) is 22.9 Å². The van der Waals surface area contributed by atoms with Crippen molar-refractivity contribution in [3.8, 4) is 0 Å². The molecular weight excluding hydrogens is 302 g/mol. The molecule has 0 aromatic heterocycles. The summed E-state index contributed by atoms with van der Waals surface area (Å²) in [5.41, 5.74) is 1.04. The van der Waals surface area contributed by atoms with E-state index in [4.69, 9.17) is 0 Å². The van der Waals surface area contributed by atoms with Crippen molar-refractivity contribution in [2.24, 2.45) is 5.92 Å². The molecule has 2 aromatic rings. The zero-order valence-electron chi connectivity index (χ0n) is 12.1. The SMILES string of the molecule is O=C(Nc1cccc(NC(=O)C2CC2)c1)c1ccc(F)c(F)c1. The molecule has 1 saturated carbocycles. The second kappa shape index (κ2) is 6.16. The number of amides is 2. The summed E-state index contributed by atoms with van der Waals surface area (Å²) >= 11 is 0. The fourth-order valence-corrected chi connectivity index (χ4v) is 2.11. The highest BCUT2D eigenvalue weighted by Gasteiger charge is 2.29. The van der Waals surface area contributed by atoms with Gasteiger partial charge in [-0.3, -0.25) is 9.59 Å². The molecule has 23 heavy (non-hydrogen) atoms. The summed E-state index contributed by atoms with van der Waals surface area (Å²) in [6, 6.07) is 9.59. The third-order valence-corrected chi connectivity index (χ3v) is 3.52. The first-order valence-corrected chi connectivity index (χ1v) is 7.20. The minimum atomic E-state index is -1.08. The summed E-state index contributed by atoms with van der Waals surface area (Å²) in [7, 11) is 0. The molecular formula is C17H14F2N2O2. The summed E-state index contributed by atoms with van der Waals surface area (Å²) in [6.07, 6.45) is 1.80. The number of nitrogens with one attached hydrogen (secondary N) is 2. The molecule has 0 spiro atoms. The molecule has 2 amide bonds. The third-order valence-electron chi connectivity index (χ3n) is 3.52. The van der Waals surface area contributed by atoms with E-state index < -0.39 is 17.5 Å². The highest BCUT2D eigenvalue weighted by Crippen LogP contribution is 2.30. The number of hydrogen-bond donors (Lipinski definition) is 2. The summed E-state index contributed by atoms with van der Waals surface area (Å²) in [6.45, 7) is 0. The average Bonchev–Trinajstić information content (AvgIpc) is 3.35. The Balaban J connectivity index is 1.70. The van der Waals surface area contributed by atoms with Crippen molar-refractivity contribution in [3.05, 3.63) is 59.7 Å². The van der Waals surface area contributed by atoms with Crippen LogP contribution in [0.25, 0.3) is 0 Å². The van der Waals surface area contributed by atoms with Gasteiger partial charge in [-0.2, -0.15) is 0 Å². The number of hydrogen-bond acceptors (Lipinski definition) is 2. The Morgan fingerprint density at radius 1 is 0.913 bits per heavy atom. The topological polar surface area (TPSA) is 58.2 Å². The normalized spacial score (nSPS) is 13.5. The van der Waals surface area contributed by atoms with Crippen LogP contribution in [0, 0.1) is 17.6 Å². The van der Waals surface area contributed by atoms with Crippen LogP contribution in [0.3, 0.4) is 0 Å². The van der Waals surface area contributed by atoms with E-state index in [1.807, 2.05) is 0 Å². The fraction of sp³-hybridized carbons (Fsp3) is 0.176. The highest BCUT2D eigenvalue weighted by molar-refractivity contribution is 6.04. The quantitative estimate of drug-likeness (QED) is 0.906. The van der Waals surface area contributed by atoms with Crippen LogP contribution in [-0.2, 0) is 4.79 Å². The van der Waals surface area contributed by atoms with Crippen molar-refractivity contribution in [2.75, 3.05) is 10.6 Å². The molecule has 118 valence electrons. The summed E-state index contributed by atoms with van der Waals surface area (Å²) in [5.74, 6) is -2.60. The Hall–Kier alpha value is -2.76. The monoisotopic (exact) mass is 316 g/mol. The molecule has 0 unspecified atom stereocenters. The maximum absolute atomic E-state index is 13.2. The van der Waals surface area contributed by atoms with Crippen molar-refractivity contribution in [2.45, 2.75) is 12.8 Å². The minimum absolute atomic E-state index is 0.0105. The fourth-order valence-electron chi connectivity index (χ4n) is 2.11. The first kappa shape index (κ1) is 15.1. The van der Waals surface area contributed by atoms with Crippen LogP contribution in [0.5, 0.6) is 0 Å². The number of rotatable bonds is 4. The lowest BCUT2D eigenvalue weighted by molar-refractivity contribution is -0.117. The molecule has 2 N–H and O–H groups in total. The van der Waals surface area contributed by atoms with Crippen LogP contribution >= 0.6 is 0 Å². The second-order valence-electron chi connectivity index (χ2n) is 5.43. The molecule has 4 nitrogen and oxygen atoms in total. The third kappa shape index (κ3) is 3.71. The molecule has 0 aliphatic heterocycles. The predicted molar refractivity (Wildman–Crippen MR) is 82.1 cm³/mol. The molecule has 2 aromatic carbocycles. The lowest BCUT2D eigenvalue weighted by Crippen LogP contribution is -2.15. The van der Waals surface area contributed by atoms with Gasteiger partial charge in [-0.1, -0.05) is 6.07 Å². The Morgan fingerprint density at radius 2 is 1.61 bits per heavy atom.